The van der Waals surface area contributed by atoms with Crippen LogP contribution in [0.1, 0.15) is 31.2 Å². The quantitative estimate of drug-likeness (QED) is 0.932. The van der Waals surface area contributed by atoms with Crippen LogP contribution in [0.15, 0.2) is 28.7 Å². The van der Waals surface area contributed by atoms with Gasteiger partial charge in [0.1, 0.15) is 0 Å². The Labute approximate surface area is 116 Å². The molecular formula is C14H18BrNO2. The summed E-state index contributed by atoms with van der Waals surface area (Å²) in [6.07, 6.45) is 1.83. The van der Waals surface area contributed by atoms with E-state index >= 15 is 0 Å². The van der Waals surface area contributed by atoms with Gasteiger partial charge in [0.05, 0.1) is 5.92 Å². The van der Waals surface area contributed by atoms with E-state index in [1.54, 1.807) is 0 Å². The Morgan fingerprint density at radius 1 is 1.44 bits per heavy atom. The lowest BCUT2D eigenvalue weighted by Crippen LogP contribution is -2.40. The summed E-state index contributed by atoms with van der Waals surface area (Å²) in [5, 5.41) is 3.10. The Hall–Kier alpha value is -0.870. The van der Waals surface area contributed by atoms with Gasteiger partial charge in [-0.1, -0.05) is 28.1 Å². The molecule has 0 bridgehead atoms. The summed E-state index contributed by atoms with van der Waals surface area (Å²) in [5.74, 6) is -0.0228. The van der Waals surface area contributed by atoms with E-state index in [4.69, 9.17) is 4.74 Å². The molecule has 1 aromatic rings. The summed E-state index contributed by atoms with van der Waals surface area (Å²) in [6.45, 7) is 3.43. The number of amides is 1. The first kappa shape index (κ1) is 13.6. The summed E-state index contributed by atoms with van der Waals surface area (Å²) in [6, 6.07) is 8.16. The van der Waals surface area contributed by atoms with Crippen molar-refractivity contribution in [1.82, 2.24) is 5.32 Å². The van der Waals surface area contributed by atoms with Crippen molar-refractivity contribution in [3.05, 3.63) is 34.3 Å². The molecule has 1 unspecified atom stereocenters. The van der Waals surface area contributed by atoms with Crippen LogP contribution >= 0.6 is 15.9 Å². The van der Waals surface area contributed by atoms with Gasteiger partial charge in [0, 0.05) is 23.7 Å². The van der Waals surface area contributed by atoms with E-state index in [-0.39, 0.29) is 17.9 Å². The highest BCUT2D eigenvalue weighted by molar-refractivity contribution is 9.10. The molecule has 0 aromatic heterocycles. The maximum Gasteiger partial charge on any atom is 0.227 e. The normalized spacial score (nSPS) is 18.3. The Balaban J connectivity index is 1.95. The van der Waals surface area contributed by atoms with E-state index in [9.17, 15) is 4.79 Å². The van der Waals surface area contributed by atoms with E-state index in [1.807, 2.05) is 31.2 Å². The predicted octanol–water partition coefficient (Wildman–Crippen LogP) is 2.85. The summed E-state index contributed by atoms with van der Waals surface area (Å²) < 4.78 is 6.29. The van der Waals surface area contributed by atoms with Crippen LogP contribution in [-0.4, -0.2) is 25.2 Å². The van der Waals surface area contributed by atoms with E-state index in [0.717, 1.165) is 36.1 Å². The zero-order chi connectivity index (χ0) is 13.0. The number of carbonyl (C=O) groups is 1. The molecule has 98 valence electrons. The lowest BCUT2D eigenvalue weighted by Gasteiger charge is -2.24. The number of rotatable bonds is 3. The van der Waals surface area contributed by atoms with Crippen molar-refractivity contribution in [2.24, 2.45) is 0 Å². The first-order chi connectivity index (χ1) is 8.66. The molecule has 1 aliphatic rings. The third-order valence-electron chi connectivity index (χ3n) is 3.31. The van der Waals surface area contributed by atoms with Crippen molar-refractivity contribution in [1.29, 1.82) is 0 Å². The fourth-order valence-corrected chi connectivity index (χ4v) is 2.51. The molecule has 1 fully saturated rings. The predicted molar refractivity (Wildman–Crippen MR) is 74.5 cm³/mol. The van der Waals surface area contributed by atoms with Crippen LogP contribution in [0, 0.1) is 0 Å². The van der Waals surface area contributed by atoms with Gasteiger partial charge in [-0.15, -0.1) is 0 Å². The van der Waals surface area contributed by atoms with Crippen LogP contribution in [0.2, 0.25) is 0 Å². The van der Waals surface area contributed by atoms with E-state index in [1.165, 1.54) is 0 Å². The van der Waals surface area contributed by atoms with Crippen LogP contribution in [0.3, 0.4) is 0 Å². The van der Waals surface area contributed by atoms with Gasteiger partial charge in [-0.3, -0.25) is 4.79 Å². The molecule has 1 amide bonds. The largest absolute Gasteiger partial charge is 0.381 e. The molecule has 1 aromatic carbocycles. The molecule has 1 heterocycles. The second kappa shape index (κ2) is 6.34. The van der Waals surface area contributed by atoms with E-state index in [0.29, 0.717) is 0 Å². The number of ether oxygens (including phenoxy) is 1. The number of nitrogens with one attached hydrogen (secondary N) is 1. The molecule has 4 heteroatoms. The van der Waals surface area contributed by atoms with Gasteiger partial charge in [0.25, 0.3) is 0 Å². The van der Waals surface area contributed by atoms with Crippen molar-refractivity contribution in [3.63, 3.8) is 0 Å². The molecule has 1 atom stereocenters. The number of hydrogen-bond acceptors (Lipinski definition) is 2. The first-order valence-electron chi connectivity index (χ1n) is 6.30. The Bertz CT molecular complexity index is 416. The molecule has 3 nitrogen and oxygen atoms in total. The maximum atomic E-state index is 12.2. The number of carbonyl (C=O) groups excluding carboxylic acids is 1. The van der Waals surface area contributed by atoms with Gasteiger partial charge in [0.15, 0.2) is 0 Å². The second-order valence-corrected chi connectivity index (χ2v) is 5.59. The SMILES string of the molecule is CC(C(=O)NC1CCOCC1)c1cccc(Br)c1. The minimum absolute atomic E-state index is 0.0972. The Morgan fingerprint density at radius 3 is 2.83 bits per heavy atom. The topological polar surface area (TPSA) is 38.3 Å². The van der Waals surface area contributed by atoms with Crippen LogP contribution in [0.5, 0.6) is 0 Å². The molecule has 1 N–H and O–H groups in total. The second-order valence-electron chi connectivity index (χ2n) is 4.67. The highest BCUT2D eigenvalue weighted by Gasteiger charge is 2.20. The molecule has 0 radical (unpaired) electrons. The summed E-state index contributed by atoms with van der Waals surface area (Å²) in [5.41, 5.74) is 1.04. The third kappa shape index (κ3) is 3.56. The average Bonchev–Trinajstić information content (AvgIpc) is 2.39. The first-order valence-corrected chi connectivity index (χ1v) is 7.09. The van der Waals surface area contributed by atoms with E-state index < -0.39 is 0 Å². The minimum Gasteiger partial charge on any atom is -0.381 e. The number of benzene rings is 1. The van der Waals surface area contributed by atoms with Crippen molar-refractivity contribution in [3.8, 4) is 0 Å². The van der Waals surface area contributed by atoms with Crippen molar-refractivity contribution in [2.75, 3.05) is 13.2 Å². The van der Waals surface area contributed by atoms with Crippen LogP contribution in [0.4, 0.5) is 0 Å². The average molecular weight is 312 g/mol. The van der Waals surface area contributed by atoms with Gasteiger partial charge in [-0.2, -0.15) is 0 Å². The van der Waals surface area contributed by atoms with Gasteiger partial charge in [-0.05, 0) is 37.5 Å². The summed E-state index contributed by atoms with van der Waals surface area (Å²) in [7, 11) is 0. The fraction of sp³-hybridized carbons (Fsp3) is 0.500. The monoisotopic (exact) mass is 311 g/mol. The minimum atomic E-state index is -0.120. The van der Waals surface area contributed by atoms with Gasteiger partial charge < -0.3 is 10.1 Å². The summed E-state index contributed by atoms with van der Waals surface area (Å²) >= 11 is 3.43. The highest BCUT2D eigenvalue weighted by Crippen LogP contribution is 2.20. The maximum absolute atomic E-state index is 12.2. The zero-order valence-corrected chi connectivity index (χ0v) is 12.1. The highest BCUT2D eigenvalue weighted by atomic mass is 79.9. The molecule has 1 saturated heterocycles. The smallest absolute Gasteiger partial charge is 0.227 e. The van der Waals surface area contributed by atoms with Gasteiger partial charge >= 0.3 is 0 Å². The summed E-state index contributed by atoms with van der Waals surface area (Å²) in [4.78, 5) is 12.2. The Kier molecular flexibility index (Phi) is 4.78. The van der Waals surface area contributed by atoms with Gasteiger partial charge in [0.2, 0.25) is 5.91 Å². The molecule has 1 aliphatic heterocycles. The zero-order valence-electron chi connectivity index (χ0n) is 10.5. The fourth-order valence-electron chi connectivity index (χ4n) is 2.10. The lowest BCUT2D eigenvalue weighted by molar-refractivity contribution is -0.123. The van der Waals surface area contributed by atoms with Crippen molar-refractivity contribution < 1.29 is 9.53 Å². The van der Waals surface area contributed by atoms with E-state index in [2.05, 4.69) is 21.2 Å². The molecule has 0 aliphatic carbocycles. The molecule has 18 heavy (non-hydrogen) atoms. The lowest BCUT2D eigenvalue weighted by atomic mass is 9.99. The molecule has 0 saturated carbocycles. The van der Waals surface area contributed by atoms with Crippen molar-refractivity contribution in [2.45, 2.75) is 31.7 Å². The number of halogens is 1. The number of hydrogen-bond donors (Lipinski definition) is 1. The van der Waals surface area contributed by atoms with Gasteiger partial charge in [-0.25, -0.2) is 0 Å². The molecule has 2 rings (SSSR count). The third-order valence-corrected chi connectivity index (χ3v) is 3.80. The Morgan fingerprint density at radius 2 is 2.17 bits per heavy atom. The standard InChI is InChI=1S/C14H18BrNO2/c1-10(11-3-2-4-12(15)9-11)14(17)16-13-5-7-18-8-6-13/h2-4,9-10,13H,5-8H2,1H3,(H,16,17). The molecular weight excluding hydrogens is 294 g/mol. The van der Waals surface area contributed by atoms with Crippen LogP contribution in [-0.2, 0) is 9.53 Å². The van der Waals surface area contributed by atoms with Crippen LogP contribution in [0.25, 0.3) is 0 Å². The molecule has 0 spiro atoms. The van der Waals surface area contributed by atoms with Crippen molar-refractivity contribution >= 4 is 21.8 Å². The van der Waals surface area contributed by atoms with Crippen LogP contribution < -0.4 is 5.32 Å².